The van der Waals surface area contributed by atoms with E-state index in [1.165, 1.54) is 5.56 Å². The fourth-order valence-electron chi connectivity index (χ4n) is 1.78. The first-order valence-corrected chi connectivity index (χ1v) is 6.30. The third-order valence-electron chi connectivity index (χ3n) is 2.71. The summed E-state index contributed by atoms with van der Waals surface area (Å²) in [4.78, 5) is 4.24. The first-order valence-electron chi connectivity index (χ1n) is 6.30. The lowest BCUT2D eigenvalue weighted by Crippen LogP contribution is -2.13. The van der Waals surface area contributed by atoms with Crippen LogP contribution in [-0.4, -0.2) is 18.1 Å². The zero-order valence-electron chi connectivity index (χ0n) is 11.3. The molecular formula is C15H19N3O. The minimum absolute atomic E-state index is 0.568. The zero-order chi connectivity index (χ0) is 13.7. The first kappa shape index (κ1) is 13.2. The van der Waals surface area contributed by atoms with Crippen LogP contribution in [0.15, 0.2) is 36.5 Å². The van der Waals surface area contributed by atoms with Crippen LogP contribution in [-0.2, 0) is 0 Å². The van der Waals surface area contributed by atoms with Crippen LogP contribution in [0.25, 0.3) is 0 Å². The molecule has 0 unspecified atom stereocenters. The van der Waals surface area contributed by atoms with E-state index in [0.717, 1.165) is 11.3 Å². The molecule has 0 amide bonds. The number of nitrogen functional groups attached to an aromatic ring is 1. The van der Waals surface area contributed by atoms with Crippen molar-refractivity contribution in [3.8, 4) is 5.75 Å². The number of nitrogens with zero attached hydrogens (tertiary/aromatic N) is 1. The largest absolute Gasteiger partial charge is 0.492 e. The second-order valence-corrected chi connectivity index (χ2v) is 4.54. The lowest BCUT2D eigenvalue weighted by molar-refractivity contribution is 0.332. The normalized spacial score (nSPS) is 10.2. The van der Waals surface area contributed by atoms with Crippen LogP contribution in [0, 0.1) is 13.8 Å². The lowest BCUT2D eigenvalue weighted by Gasteiger charge is -2.10. The zero-order valence-corrected chi connectivity index (χ0v) is 11.3. The highest BCUT2D eigenvalue weighted by molar-refractivity contribution is 5.61. The Kier molecular flexibility index (Phi) is 4.23. The van der Waals surface area contributed by atoms with Crippen LogP contribution in [0.2, 0.25) is 0 Å². The van der Waals surface area contributed by atoms with Gasteiger partial charge >= 0.3 is 0 Å². The van der Waals surface area contributed by atoms with Crippen LogP contribution in [0.5, 0.6) is 5.75 Å². The molecule has 4 heteroatoms. The first-order chi connectivity index (χ1) is 9.15. The number of nitrogens with two attached hydrogens (primary N) is 1. The van der Waals surface area contributed by atoms with E-state index in [4.69, 9.17) is 10.5 Å². The second kappa shape index (κ2) is 6.09. The molecule has 0 spiro atoms. The molecular weight excluding hydrogens is 238 g/mol. The average molecular weight is 257 g/mol. The summed E-state index contributed by atoms with van der Waals surface area (Å²) in [6.07, 6.45) is 1.79. The second-order valence-electron chi connectivity index (χ2n) is 4.54. The van der Waals surface area contributed by atoms with Gasteiger partial charge in [0.1, 0.15) is 18.2 Å². The third kappa shape index (κ3) is 3.88. The molecule has 0 atom stereocenters. The van der Waals surface area contributed by atoms with Gasteiger partial charge in [-0.25, -0.2) is 4.98 Å². The Labute approximate surface area is 113 Å². The van der Waals surface area contributed by atoms with Crippen LogP contribution in [0.4, 0.5) is 11.5 Å². The lowest BCUT2D eigenvalue weighted by atomic mass is 10.2. The minimum Gasteiger partial charge on any atom is -0.492 e. The number of aryl methyl sites for hydroxylation is 2. The summed E-state index contributed by atoms with van der Waals surface area (Å²) in [5.74, 6) is 1.59. The number of anilines is 2. The summed E-state index contributed by atoms with van der Waals surface area (Å²) in [7, 11) is 0. The van der Waals surface area contributed by atoms with Crippen molar-refractivity contribution in [3.05, 3.63) is 47.7 Å². The monoisotopic (exact) mass is 257 g/mol. The number of hydrogen-bond donors (Lipinski definition) is 2. The van der Waals surface area contributed by atoms with Crippen molar-refractivity contribution >= 4 is 11.5 Å². The fourth-order valence-corrected chi connectivity index (χ4v) is 1.78. The van der Waals surface area contributed by atoms with Crippen molar-refractivity contribution in [2.45, 2.75) is 13.8 Å². The molecule has 0 saturated heterocycles. The van der Waals surface area contributed by atoms with Gasteiger partial charge in [0, 0.05) is 6.20 Å². The van der Waals surface area contributed by atoms with E-state index in [9.17, 15) is 0 Å². The Balaban J connectivity index is 1.81. The van der Waals surface area contributed by atoms with Gasteiger partial charge in [-0.2, -0.15) is 0 Å². The Morgan fingerprint density at radius 3 is 2.79 bits per heavy atom. The van der Waals surface area contributed by atoms with Crippen molar-refractivity contribution < 1.29 is 4.74 Å². The standard InChI is InChI=1S/C15H19N3O/c1-11-4-3-5-13(8-11)19-7-6-17-15-14(16)9-12(2)10-18-15/h3-5,8-10H,6-7,16H2,1-2H3,(H,17,18). The van der Waals surface area contributed by atoms with E-state index in [1.807, 2.05) is 44.2 Å². The Hall–Kier alpha value is -2.23. The quantitative estimate of drug-likeness (QED) is 0.809. The molecule has 0 saturated carbocycles. The number of rotatable bonds is 5. The third-order valence-corrected chi connectivity index (χ3v) is 2.71. The molecule has 3 N–H and O–H groups in total. The van der Waals surface area contributed by atoms with Crippen LogP contribution < -0.4 is 15.8 Å². The number of ether oxygens (including phenoxy) is 1. The van der Waals surface area contributed by atoms with Gasteiger partial charge in [0.05, 0.1) is 12.2 Å². The molecule has 0 radical (unpaired) electrons. The van der Waals surface area contributed by atoms with E-state index in [-0.39, 0.29) is 0 Å². The predicted molar refractivity (Wildman–Crippen MR) is 78.6 cm³/mol. The van der Waals surface area contributed by atoms with E-state index in [1.54, 1.807) is 6.20 Å². The predicted octanol–water partition coefficient (Wildman–Crippen LogP) is 2.77. The highest BCUT2D eigenvalue weighted by Gasteiger charge is 2.00. The molecule has 0 aliphatic rings. The van der Waals surface area contributed by atoms with Crippen molar-refractivity contribution in [1.82, 2.24) is 4.98 Å². The summed E-state index contributed by atoms with van der Waals surface area (Å²) in [5.41, 5.74) is 8.78. The van der Waals surface area contributed by atoms with Crippen molar-refractivity contribution in [2.24, 2.45) is 0 Å². The van der Waals surface area contributed by atoms with Gasteiger partial charge in [-0.15, -0.1) is 0 Å². The summed E-state index contributed by atoms with van der Waals surface area (Å²) in [6, 6.07) is 9.89. The molecule has 0 bridgehead atoms. The molecule has 2 rings (SSSR count). The van der Waals surface area contributed by atoms with E-state index in [0.29, 0.717) is 24.7 Å². The highest BCUT2D eigenvalue weighted by Crippen LogP contribution is 2.15. The molecule has 1 heterocycles. The molecule has 1 aromatic carbocycles. The molecule has 19 heavy (non-hydrogen) atoms. The summed E-state index contributed by atoms with van der Waals surface area (Å²) < 4.78 is 5.64. The SMILES string of the molecule is Cc1cccc(OCCNc2ncc(C)cc2N)c1. The molecule has 100 valence electrons. The number of hydrogen-bond acceptors (Lipinski definition) is 4. The van der Waals surface area contributed by atoms with Gasteiger partial charge in [-0.3, -0.25) is 0 Å². The molecule has 4 nitrogen and oxygen atoms in total. The highest BCUT2D eigenvalue weighted by atomic mass is 16.5. The van der Waals surface area contributed by atoms with Crippen LogP contribution in [0.3, 0.4) is 0 Å². The maximum Gasteiger partial charge on any atom is 0.149 e. The van der Waals surface area contributed by atoms with Gasteiger partial charge in [0.2, 0.25) is 0 Å². The van der Waals surface area contributed by atoms with Crippen molar-refractivity contribution in [3.63, 3.8) is 0 Å². The average Bonchev–Trinajstić information content (AvgIpc) is 2.37. The molecule has 0 aliphatic heterocycles. The minimum atomic E-state index is 0.568. The maximum absolute atomic E-state index is 5.87. The molecule has 0 fully saturated rings. The Morgan fingerprint density at radius 2 is 2.05 bits per heavy atom. The maximum atomic E-state index is 5.87. The van der Waals surface area contributed by atoms with Crippen molar-refractivity contribution in [2.75, 3.05) is 24.2 Å². The Bertz CT molecular complexity index is 555. The van der Waals surface area contributed by atoms with Gasteiger partial charge in [-0.1, -0.05) is 12.1 Å². The van der Waals surface area contributed by atoms with Crippen molar-refractivity contribution in [1.29, 1.82) is 0 Å². The van der Waals surface area contributed by atoms with Gasteiger partial charge in [0.25, 0.3) is 0 Å². The van der Waals surface area contributed by atoms with E-state index >= 15 is 0 Å². The summed E-state index contributed by atoms with van der Waals surface area (Å²) in [6.45, 7) is 5.24. The topological polar surface area (TPSA) is 60.2 Å². The molecule has 1 aromatic heterocycles. The van der Waals surface area contributed by atoms with Gasteiger partial charge in [-0.05, 0) is 43.2 Å². The molecule has 0 aliphatic carbocycles. The Morgan fingerprint density at radius 1 is 1.21 bits per heavy atom. The van der Waals surface area contributed by atoms with Crippen LogP contribution in [0.1, 0.15) is 11.1 Å². The van der Waals surface area contributed by atoms with Gasteiger partial charge in [0.15, 0.2) is 0 Å². The van der Waals surface area contributed by atoms with Crippen LogP contribution >= 0.6 is 0 Å². The summed E-state index contributed by atoms with van der Waals surface area (Å²) >= 11 is 0. The van der Waals surface area contributed by atoms with Gasteiger partial charge < -0.3 is 15.8 Å². The van der Waals surface area contributed by atoms with E-state index in [2.05, 4.69) is 10.3 Å². The number of pyridine rings is 1. The fraction of sp³-hybridized carbons (Fsp3) is 0.267. The molecule has 2 aromatic rings. The number of nitrogens with one attached hydrogen (secondary N) is 1. The van der Waals surface area contributed by atoms with E-state index < -0.39 is 0 Å². The summed E-state index contributed by atoms with van der Waals surface area (Å²) in [5, 5.41) is 3.16. The number of benzene rings is 1. The smallest absolute Gasteiger partial charge is 0.149 e. The number of aromatic nitrogens is 1.